The van der Waals surface area contributed by atoms with Crippen LogP contribution in [0.2, 0.25) is 5.02 Å². The number of hydrogen-bond donors (Lipinski definition) is 1. The van der Waals surface area contributed by atoms with Gasteiger partial charge >= 0.3 is 0 Å². The fourth-order valence-electron chi connectivity index (χ4n) is 1.58. The van der Waals surface area contributed by atoms with Crippen molar-refractivity contribution in [2.75, 3.05) is 5.32 Å². The Morgan fingerprint density at radius 3 is 2.79 bits per heavy atom. The van der Waals surface area contributed by atoms with Crippen LogP contribution in [-0.4, -0.2) is 6.04 Å². The van der Waals surface area contributed by atoms with E-state index in [-0.39, 0.29) is 5.82 Å². The van der Waals surface area contributed by atoms with Crippen LogP contribution in [0.1, 0.15) is 19.8 Å². The molecule has 0 saturated heterocycles. The first kappa shape index (κ1) is 9.78. The van der Waals surface area contributed by atoms with E-state index < -0.39 is 0 Å². The molecule has 1 aliphatic carbocycles. The summed E-state index contributed by atoms with van der Waals surface area (Å²) in [5, 5.41) is 3.59. The second-order valence-electron chi connectivity index (χ2n) is 3.87. The number of benzene rings is 1. The SMILES string of the molecule is CC(Nc1c(F)cccc1Cl)C1CC1. The predicted molar refractivity (Wildman–Crippen MR) is 57.2 cm³/mol. The van der Waals surface area contributed by atoms with Gasteiger partial charge in [-0.1, -0.05) is 17.7 Å². The van der Waals surface area contributed by atoms with Crippen LogP contribution in [-0.2, 0) is 0 Å². The summed E-state index contributed by atoms with van der Waals surface area (Å²) < 4.78 is 13.3. The highest BCUT2D eigenvalue weighted by atomic mass is 35.5. The molecule has 1 N–H and O–H groups in total. The molecule has 1 saturated carbocycles. The number of halogens is 2. The molecule has 1 aromatic rings. The zero-order chi connectivity index (χ0) is 10.1. The molecule has 0 radical (unpaired) electrons. The zero-order valence-electron chi connectivity index (χ0n) is 8.06. The summed E-state index contributed by atoms with van der Waals surface area (Å²) in [6.45, 7) is 2.07. The third-order valence-corrected chi connectivity index (χ3v) is 2.98. The lowest BCUT2D eigenvalue weighted by molar-refractivity contribution is 0.619. The number of para-hydroxylation sites is 1. The third kappa shape index (κ3) is 2.01. The standard InChI is InChI=1S/C11H13ClFN/c1-7(8-5-6-8)14-11-9(12)3-2-4-10(11)13/h2-4,7-8,14H,5-6H2,1H3. The molecule has 3 heteroatoms. The smallest absolute Gasteiger partial charge is 0.147 e. The van der Waals surface area contributed by atoms with Crippen LogP contribution in [0.3, 0.4) is 0 Å². The minimum Gasteiger partial charge on any atom is -0.379 e. The van der Waals surface area contributed by atoms with E-state index in [1.807, 2.05) is 0 Å². The molecule has 0 spiro atoms. The van der Waals surface area contributed by atoms with Gasteiger partial charge in [0.1, 0.15) is 5.82 Å². The minimum atomic E-state index is -0.273. The Hall–Kier alpha value is -0.760. The van der Waals surface area contributed by atoms with Gasteiger partial charge in [-0.3, -0.25) is 0 Å². The fraction of sp³-hybridized carbons (Fsp3) is 0.455. The van der Waals surface area contributed by atoms with Crippen molar-refractivity contribution in [3.8, 4) is 0 Å². The molecule has 14 heavy (non-hydrogen) atoms. The maximum Gasteiger partial charge on any atom is 0.147 e. The number of nitrogens with one attached hydrogen (secondary N) is 1. The first-order valence-electron chi connectivity index (χ1n) is 4.89. The van der Waals surface area contributed by atoms with Crippen LogP contribution in [0.5, 0.6) is 0 Å². The Morgan fingerprint density at radius 1 is 1.50 bits per heavy atom. The number of hydrogen-bond acceptors (Lipinski definition) is 1. The average Bonchev–Trinajstić information content (AvgIpc) is 2.94. The van der Waals surface area contributed by atoms with Crippen molar-refractivity contribution in [2.45, 2.75) is 25.8 Å². The summed E-state index contributed by atoms with van der Waals surface area (Å²) in [7, 11) is 0. The van der Waals surface area contributed by atoms with E-state index in [0.717, 1.165) is 0 Å². The van der Waals surface area contributed by atoms with Gasteiger partial charge in [0.05, 0.1) is 10.7 Å². The van der Waals surface area contributed by atoms with E-state index in [4.69, 9.17) is 11.6 Å². The molecule has 1 aromatic carbocycles. The average molecular weight is 214 g/mol. The largest absolute Gasteiger partial charge is 0.379 e. The maximum atomic E-state index is 13.3. The molecule has 76 valence electrons. The Labute approximate surface area is 88.3 Å². The summed E-state index contributed by atoms with van der Waals surface area (Å²) in [6.07, 6.45) is 2.47. The highest BCUT2D eigenvalue weighted by molar-refractivity contribution is 6.33. The van der Waals surface area contributed by atoms with Crippen molar-refractivity contribution in [1.29, 1.82) is 0 Å². The maximum absolute atomic E-state index is 13.3. The summed E-state index contributed by atoms with van der Waals surface area (Å²) in [5.41, 5.74) is 0.438. The highest BCUT2D eigenvalue weighted by Crippen LogP contribution is 2.35. The molecule has 1 nitrogen and oxygen atoms in total. The predicted octanol–water partition coefficient (Wildman–Crippen LogP) is 3.69. The molecule has 0 amide bonds. The minimum absolute atomic E-state index is 0.273. The van der Waals surface area contributed by atoms with E-state index in [1.54, 1.807) is 12.1 Å². The molecule has 1 atom stereocenters. The van der Waals surface area contributed by atoms with E-state index in [0.29, 0.717) is 22.7 Å². The normalized spacial score (nSPS) is 17.9. The molecule has 0 bridgehead atoms. The third-order valence-electron chi connectivity index (χ3n) is 2.66. The second-order valence-corrected chi connectivity index (χ2v) is 4.27. The second kappa shape index (κ2) is 3.77. The van der Waals surface area contributed by atoms with Crippen molar-refractivity contribution in [2.24, 2.45) is 5.92 Å². The lowest BCUT2D eigenvalue weighted by atomic mass is 10.2. The van der Waals surface area contributed by atoms with Crippen LogP contribution < -0.4 is 5.32 Å². The van der Waals surface area contributed by atoms with Crippen molar-refractivity contribution in [3.05, 3.63) is 29.0 Å². The quantitative estimate of drug-likeness (QED) is 0.808. The van der Waals surface area contributed by atoms with Gasteiger partial charge in [0.25, 0.3) is 0 Å². The van der Waals surface area contributed by atoms with Gasteiger partial charge in [0.15, 0.2) is 0 Å². The summed E-state index contributed by atoms with van der Waals surface area (Å²) in [5.74, 6) is 0.413. The zero-order valence-corrected chi connectivity index (χ0v) is 8.81. The monoisotopic (exact) mass is 213 g/mol. The molecule has 2 rings (SSSR count). The Morgan fingerprint density at radius 2 is 2.21 bits per heavy atom. The Kier molecular flexibility index (Phi) is 2.64. The van der Waals surface area contributed by atoms with Crippen LogP contribution in [0.4, 0.5) is 10.1 Å². The number of anilines is 1. The number of rotatable bonds is 3. The molecule has 0 aromatic heterocycles. The van der Waals surface area contributed by atoms with Crippen molar-refractivity contribution < 1.29 is 4.39 Å². The first-order valence-corrected chi connectivity index (χ1v) is 5.27. The van der Waals surface area contributed by atoms with E-state index in [1.165, 1.54) is 18.9 Å². The molecular weight excluding hydrogens is 201 g/mol. The summed E-state index contributed by atoms with van der Waals surface area (Å²) in [4.78, 5) is 0. The lowest BCUT2D eigenvalue weighted by Crippen LogP contribution is -2.18. The van der Waals surface area contributed by atoms with Gasteiger partial charge in [-0.05, 0) is 37.8 Å². The van der Waals surface area contributed by atoms with E-state index in [9.17, 15) is 4.39 Å². The molecule has 0 aliphatic heterocycles. The van der Waals surface area contributed by atoms with E-state index >= 15 is 0 Å². The first-order chi connectivity index (χ1) is 6.68. The lowest BCUT2D eigenvalue weighted by Gasteiger charge is -2.15. The van der Waals surface area contributed by atoms with Gasteiger partial charge in [-0.25, -0.2) is 4.39 Å². The van der Waals surface area contributed by atoms with Gasteiger partial charge in [-0.15, -0.1) is 0 Å². The summed E-state index contributed by atoms with van der Waals surface area (Å²) in [6, 6.07) is 5.05. The fourth-order valence-corrected chi connectivity index (χ4v) is 1.80. The van der Waals surface area contributed by atoms with Gasteiger partial charge in [0.2, 0.25) is 0 Å². The molecule has 1 aliphatic rings. The van der Waals surface area contributed by atoms with Gasteiger partial charge in [-0.2, -0.15) is 0 Å². The Bertz CT molecular complexity index is 316. The molecular formula is C11H13ClFN. The molecule has 1 fully saturated rings. The van der Waals surface area contributed by atoms with Gasteiger partial charge < -0.3 is 5.32 Å². The topological polar surface area (TPSA) is 12.0 Å². The van der Waals surface area contributed by atoms with Crippen molar-refractivity contribution >= 4 is 17.3 Å². The van der Waals surface area contributed by atoms with E-state index in [2.05, 4.69) is 12.2 Å². The van der Waals surface area contributed by atoms with Crippen LogP contribution >= 0.6 is 11.6 Å². The summed E-state index contributed by atoms with van der Waals surface area (Å²) >= 11 is 5.90. The van der Waals surface area contributed by atoms with Gasteiger partial charge in [0, 0.05) is 6.04 Å². The highest BCUT2D eigenvalue weighted by Gasteiger charge is 2.28. The van der Waals surface area contributed by atoms with Crippen LogP contribution in [0.15, 0.2) is 18.2 Å². The van der Waals surface area contributed by atoms with Crippen LogP contribution in [0, 0.1) is 11.7 Å². The Balaban J connectivity index is 2.14. The molecule has 0 heterocycles. The van der Waals surface area contributed by atoms with Crippen LogP contribution in [0.25, 0.3) is 0 Å². The van der Waals surface area contributed by atoms with Crippen molar-refractivity contribution in [3.63, 3.8) is 0 Å². The van der Waals surface area contributed by atoms with Crippen molar-refractivity contribution in [1.82, 2.24) is 0 Å². The molecule has 1 unspecified atom stereocenters.